The Morgan fingerprint density at radius 1 is 0.960 bits per heavy atom. The van der Waals surface area contributed by atoms with Crippen molar-refractivity contribution in [1.29, 1.82) is 0 Å². The van der Waals surface area contributed by atoms with Crippen LogP contribution in [-0.2, 0) is 16.0 Å². The molecule has 0 spiro atoms. The van der Waals surface area contributed by atoms with Crippen molar-refractivity contribution >= 4 is 11.7 Å². The quantitative estimate of drug-likeness (QED) is 0.776. The molecule has 25 heavy (non-hydrogen) atoms. The molecule has 0 aromatic heterocycles. The van der Waals surface area contributed by atoms with E-state index in [-0.39, 0.29) is 23.7 Å². The highest BCUT2D eigenvalue weighted by Crippen LogP contribution is 2.19. The van der Waals surface area contributed by atoms with Crippen LogP contribution in [0.25, 0.3) is 11.1 Å². The second kappa shape index (κ2) is 9.16. The Hall–Kier alpha value is -2.42. The minimum absolute atomic E-state index is 0.0231. The maximum Gasteiger partial charge on any atom is 0.220 e. The summed E-state index contributed by atoms with van der Waals surface area (Å²) in [7, 11) is 0. The summed E-state index contributed by atoms with van der Waals surface area (Å²) in [5.41, 5.74) is 3.48. The van der Waals surface area contributed by atoms with Gasteiger partial charge in [-0.05, 0) is 36.0 Å². The predicted octanol–water partition coefficient (Wildman–Crippen LogP) is 4.41. The highest BCUT2D eigenvalue weighted by molar-refractivity contribution is 5.87. The van der Waals surface area contributed by atoms with E-state index in [9.17, 15) is 9.59 Å². The third-order valence-electron chi connectivity index (χ3n) is 4.67. The van der Waals surface area contributed by atoms with Gasteiger partial charge in [0.25, 0.3) is 0 Å². The Kier molecular flexibility index (Phi) is 6.93. The molecule has 0 heterocycles. The molecule has 0 aliphatic rings. The largest absolute Gasteiger partial charge is 0.346 e. The van der Waals surface area contributed by atoms with E-state index in [1.807, 2.05) is 32.0 Å². The van der Waals surface area contributed by atoms with Crippen LogP contribution in [0.5, 0.6) is 0 Å². The molecule has 2 aromatic rings. The highest BCUT2D eigenvalue weighted by atomic mass is 16.2. The molecule has 2 atom stereocenters. The number of hydrogen-bond donors (Lipinski definition) is 1. The molecule has 1 unspecified atom stereocenters. The number of nitrogens with one attached hydrogen (secondary N) is 1. The second-order valence-electron chi connectivity index (χ2n) is 6.60. The topological polar surface area (TPSA) is 46.2 Å². The molecule has 3 heteroatoms. The van der Waals surface area contributed by atoms with Gasteiger partial charge in [-0.3, -0.25) is 9.59 Å². The third kappa shape index (κ3) is 5.56. The molecule has 0 bridgehead atoms. The van der Waals surface area contributed by atoms with Gasteiger partial charge in [-0.15, -0.1) is 0 Å². The van der Waals surface area contributed by atoms with Gasteiger partial charge in [0.2, 0.25) is 5.91 Å². The fourth-order valence-electron chi connectivity index (χ4n) is 2.88. The second-order valence-corrected chi connectivity index (χ2v) is 6.60. The van der Waals surface area contributed by atoms with E-state index >= 15 is 0 Å². The molecule has 2 aromatic carbocycles. The SMILES string of the molecule is CCC(C)[C@H](NC(=O)CCc1ccc(-c2ccccc2)cc1)C(C)=O. The van der Waals surface area contributed by atoms with Crippen LogP contribution in [0.2, 0.25) is 0 Å². The van der Waals surface area contributed by atoms with Gasteiger partial charge in [-0.1, -0.05) is 74.9 Å². The lowest BCUT2D eigenvalue weighted by Crippen LogP contribution is -2.44. The fraction of sp³-hybridized carbons (Fsp3) is 0.364. The van der Waals surface area contributed by atoms with Crippen molar-refractivity contribution in [3.8, 4) is 11.1 Å². The van der Waals surface area contributed by atoms with Crippen LogP contribution in [-0.4, -0.2) is 17.7 Å². The Morgan fingerprint density at radius 3 is 2.12 bits per heavy atom. The molecular weight excluding hydrogens is 310 g/mol. The number of carbonyl (C=O) groups is 2. The summed E-state index contributed by atoms with van der Waals surface area (Å²) < 4.78 is 0. The van der Waals surface area contributed by atoms with E-state index in [1.54, 1.807) is 6.92 Å². The maximum atomic E-state index is 12.2. The number of ketones is 1. The summed E-state index contributed by atoms with van der Waals surface area (Å²) in [5, 5.41) is 2.89. The van der Waals surface area contributed by atoms with Crippen molar-refractivity contribution in [3.05, 3.63) is 60.2 Å². The van der Waals surface area contributed by atoms with Crippen molar-refractivity contribution < 1.29 is 9.59 Å². The molecule has 0 fully saturated rings. The molecular formula is C22H27NO2. The van der Waals surface area contributed by atoms with Gasteiger partial charge in [-0.2, -0.15) is 0 Å². The van der Waals surface area contributed by atoms with Gasteiger partial charge in [0.05, 0.1) is 6.04 Å². The van der Waals surface area contributed by atoms with Gasteiger partial charge in [0.1, 0.15) is 0 Å². The standard InChI is InChI=1S/C22H27NO2/c1-4-16(2)22(17(3)24)23-21(25)15-12-18-10-13-20(14-11-18)19-8-6-5-7-9-19/h5-11,13-14,16,22H,4,12,15H2,1-3H3,(H,23,25)/t16?,22-/m0/s1. The Morgan fingerprint density at radius 2 is 1.56 bits per heavy atom. The van der Waals surface area contributed by atoms with Gasteiger partial charge in [0, 0.05) is 6.42 Å². The normalized spacial score (nSPS) is 13.1. The lowest BCUT2D eigenvalue weighted by atomic mass is 9.95. The first-order chi connectivity index (χ1) is 12.0. The lowest BCUT2D eigenvalue weighted by Gasteiger charge is -2.21. The number of carbonyl (C=O) groups excluding carboxylic acids is 2. The Bertz CT molecular complexity index is 692. The minimum atomic E-state index is -0.377. The first kappa shape index (κ1) is 18.9. The van der Waals surface area contributed by atoms with Crippen molar-refractivity contribution in [2.75, 3.05) is 0 Å². The molecule has 0 aliphatic carbocycles. The molecule has 0 saturated heterocycles. The molecule has 1 amide bonds. The average molecular weight is 337 g/mol. The zero-order valence-electron chi connectivity index (χ0n) is 15.3. The van der Waals surface area contributed by atoms with E-state index in [0.29, 0.717) is 12.8 Å². The number of rotatable bonds is 8. The summed E-state index contributed by atoms with van der Waals surface area (Å²) in [6.45, 7) is 5.56. The summed E-state index contributed by atoms with van der Waals surface area (Å²) in [6.07, 6.45) is 1.93. The van der Waals surface area contributed by atoms with Crippen LogP contribution in [0.1, 0.15) is 39.2 Å². The van der Waals surface area contributed by atoms with E-state index in [4.69, 9.17) is 0 Å². The van der Waals surface area contributed by atoms with Crippen LogP contribution >= 0.6 is 0 Å². The summed E-state index contributed by atoms with van der Waals surface area (Å²) >= 11 is 0. The first-order valence-electron chi connectivity index (χ1n) is 8.95. The third-order valence-corrected chi connectivity index (χ3v) is 4.67. The fourth-order valence-corrected chi connectivity index (χ4v) is 2.88. The molecule has 0 saturated carbocycles. The number of benzene rings is 2. The summed E-state index contributed by atoms with van der Waals surface area (Å²) in [4.78, 5) is 23.9. The highest BCUT2D eigenvalue weighted by Gasteiger charge is 2.22. The number of aryl methyl sites for hydroxylation is 1. The first-order valence-corrected chi connectivity index (χ1v) is 8.95. The summed E-state index contributed by atoms with van der Waals surface area (Å²) in [5.74, 6) is 0.120. The van der Waals surface area contributed by atoms with E-state index in [1.165, 1.54) is 11.1 Å². The Balaban J connectivity index is 1.90. The predicted molar refractivity (Wildman–Crippen MR) is 102 cm³/mol. The molecule has 132 valence electrons. The zero-order chi connectivity index (χ0) is 18.2. The van der Waals surface area contributed by atoms with Crippen molar-refractivity contribution in [2.45, 2.75) is 46.1 Å². The number of hydrogen-bond acceptors (Lipinski definition) is 2. The smallest absolute Gasteiger partial charge is 0.220 e. The average Bonchev–Trinajstić information content (AvgIpc) is 2.64. The van der Waals surface area contributed by atoms with E-state index < -0.39 is 0 Å². The molecule has 2 rings (SSSR count). The van der Waals surface area contributed by atoms with Gasteiger partial charge < -0.3 is 5.32 Å². The van der Waals surface area contributed by atoms with Crippen molar-refractivity contribution in [3.63, 3.8) is 0 Å². The molecule has 0 radical (unpaired) electrons. The molecule has 3 nitrogen and oxygen atoms in total. The molecule has 0 aliphatic heterocycles. The minimum Gasteiger partial charge on any atom is -0.346 e. The Labute approximate surface area is 150 Å². The number of amides is 1. The van der Waals surface area contributed by atoms with Crippen LogP contribution in [0.15, 0.2) is 54.6 Å². The maximum absolute atomic E-state index is 12.2. The van der Waals surface area contributed by atoms with Crippen molar-refractivity contribution in [2.24, 2.45) is 5.92 Å². The van der Waals surface area contributed by atoms with Crippen LogP contribution < -0.4 is 5.32 Å². The summed E-state index contributed by atoms with van der Waals surface area (Å²) in [6, 6.07) is 18.1. The van der Waals surface area contributed by atoms with E-state index in [2.05, 4.69) is 41.7 Å². The van der Waals surface area contributed by atoms with Crippen LogP contribution in [0.3, 0.4) is 0 Å². The lowest BCUT2D eigenvalue weighted by molar-refractivity contribution is -0.127. The van der Waals surface area contributed by atoms with Gasteiger partial charge >= 0.3 is 0 Å². The zero-order valence-corrected chi connectivity index (χ0v) is 15.3. The van der Waals surface area contributed by atoms with Crippen molar-refractivity contribution in [1.82, 2.24) is 5.32 Å². The van der Waals surface area contributed by atoms with Gasteiger partial charge in [0.15, 0.2) is 5.78 Å². The number of Topliss-reactive ketones (excluding diaryl/α,β-unsaturated/α-hetero) is 1. The monoisotopic (exact) mass is 337 g/mol. The van der Waals surface area contributed by atoms with Gasteiger partial charge in [-0.25, -0.2) is 0 Å². The van der Waals surface area contributed by atoms with E-state index in [0.717, 1.165) is 12.0 Å². The molecule has 1 N–H and O–H groups in total. The van der Waals surface area contributed by atoms with Crippen LogP contribution in [0, 0.1) is 5.92 Å². The van der Waals surface area contributed by atoms with Crippen LogP contribution in [0.4, 0.5) is 0 Å².